The van der Waals surface area contributed by atoms with Crippen LogP contribution in [0.3, 0.4) is 0 Å². The fourth-order valence-corrected chi connectivity index (χ4v) is 1.77. The van der Waals surface area contributed by atoms with Crippen molar-refractivity contribution < 1.29 is 12.6 Å². The predicted molar refractivity (Wildman–Crippen MR) is 55.7 cm³/mol. The molecule has 0 radical (unpaired) electrons. The Morgan fingerprint density at radius 1 is 1.29 bits per heavy atom. The van der Waals surface area contributed by atoms with Crippen molar-refractivity contribution >= 4 is 10.1 Å². The van der Waals surface area contributed by atoms with E-state index in [0.717, 1.165) is 0 Å². The van der Waals surface area contributed by atoms with E-state index in [2.05, 4.69) is 0 Å². The molecule has 0 amide bonds. The van der Waals surface area contributed by atoms with Gasteiger partial charge >= 0.3 is 10.1 Å². The van der Waals surface area contributed by atoms with E-state index in [1.807, 2.05) is 0 Å². The average Bonchev–Trinajstić information content (AvgIpc) is 2.16. The summed E-state index contributed by atoms with van der Waals surface area (Å²) in [4.78, 5) is 0. The molecule has 1 rings (SSSR count). The van der Waals surface area contributed by atoms with Crippen LogP contribution < -0.4 is 4.18 Å². The summed E-state index contributed by atoms with van der Waals surface area (Å²) >= 11 is 0. The Kier molecular flexibility index (Phi) is 3.71. The van der Waals surface area contributed by atoms with Crippen LogP contribution in [-0.2, 0) is 10.1 Å². The van der Waals surface area contributed by atoms with Gasteiger partial charge < -0.3 is 4.18 Å². The zero-order chi connectivity index (χ0) is 10.4. The Balaban J connectivity index is 2.69. The molecule has 3 nitrogen and oxygen atoms in total. The van der Waals surface area contributed by atoms with Gasteiger partial charge in [-0.15, -0.1) is 0 Å². The van der Waals surface area contributed by atoms with Gasteiger partial charge in [0.05, 0.1) is 0 Å². The molecule has 0 N–H and O–H groups in total. The molecule has 76 valence electrons. The number of hydrogen-bond acceptors (Lipinski definition) is 3. The minimum absolute atomic E-state index is 0.0988. The molecule has 0 saturated heterocycles. The molecule has 0 aliphatic heterocycles. The van der Waals surface area contributed by atoms with E-state index in [1.54, 1.807) is 43.3 Å². The topological polar surface area (TPSA) is 43.4 Å². The minimum Gasteiger partial charge on any atom is -0.382 e. The highest BCUT2D eigenvalue weighted by Crippen LogP contribution is 2.11. The molecule has 4 heteroatoms. The molecule has 0 atom stereocenters. The molecule has 0 aromatic heterocycles. The number of rotatable bonds is 4. The number of para-hydroxylation sites is 1. The van der Waals surface area contributed by atoms with Crippen molar-refractivity contribution in [3.05, 3.63) is 42.5 Å². The fraction of sp³-hybridized carbons (Fsp3) is 0.200. The van der Waals surface area contributed by atoms with Gasteiger partial charge in [0.1, 0.15) is 11.5 Å². The summed E-state index contributed by atoms with van der Waals surface area (Å²) in [5.74, 6) is 0.246. The van der Waals surface area contributed by atoms with Crippen molar-refractivity contribution in [3.8, 4) is 5.75 Å². The largest absolute Gasteiger partial charge is 0.382 e. The third kappa shape index (κ3) is 3.62. The number of allylic oxidation sites excluding steroid dienone is 1. The zero-order valence-corrected chi connectivity index (χ0v) is 8.70. The van der Waals surface area contributed by atoms with Gasteiger partial charge in [0.15, 0.2) is 0 Å². The van der Waals surface area contributed by atoms with Crippen molar-refractivity contribution in [2.75, 3.05) is 5.75 Å². The molecule has 0 heterocycles. The van der Waals surface area contributed by atoms with E-state index < -0.39 is 10.1 Å². The zero-order valence-electron chi connectivity index (χ0n) is 7.88. The van der Waals surface area contributed by atoms with Gasteiger partial charge in [0.2, 0.25) is 0 Å². The van der Waals surface area contributed by atoms with E-state index >= 15 is 0 Å². The van der Waals surface area contributed by atoms with Crippen LogP contribution >= 0.6 is 0 Å². The smallest absolute Gasteiger partial charge is 0.312 e. The summed E-state index contributed by atoms with van der Waals surface area (Å²) in [6, 6.07) is 8.45. The molecule has 1 aromatic carbocycles. The van der Waals surface area contributed by atoms with Gasteiger partial charge in [-0.25, -0.2) is 0 Å². The summed E-state index contributed by atoms with van der Waals surface area (Å²) in [5.41, 5.74) is 0. The van der Waals surface area contributed by atoms with Crippen LogP contribution in [0.4, 0.5) is 0 Å². The van der Waals surface area contributed by atoms with E-state index in [1.165, 1.54) is 6.08 Å². The highest BCUT2D eigenvalue weighted by atomic mass is 32.2. The van der Waals surface area contributed by atoms with Crippen LogP contribution in [-0.4, -0.2) is 14.2 Å². The summed E-state index contributed by atoms with van der Waals surface area (Å²) in [5, 5.41) is 0. The monoisotopic (exact) mass is 212 g/mol. The molecule has 1 aromatic rings. The second kappa shape index (κ2) is 4.81. The van der Waals surface area contributed by atoms with Gasteiger partial charge in [-0.1, -0.05) is 30.4 Å². The first-order valence-corrected chi connectivity index (χ1v) is 5.80. The van der Waals surface area contributed by atoms with Crippen molar-refractivity contribution in [2.45, 2.75) is 6.92 Å². The van der Waals surface area contributed by atoms with E-state index in [-0.39, 0.29) is 5.75 Å². The maximum absolute atomic E-state index is 11.3. The van der Waals surface area contributed by atoms with Crippen LogP contribution in [0.1, 0.15) is 6.92 Å². The lowest BCUT2D eigenvalue weighted by molar-refractivity contribution is 0.489. The molecular formula is C10H12O3S. The van der Waals surface area contributed by atoms with Crippen LogP contribution in [0, 0.1) is 0 Å². The number of benzene rings is 1. The molecule has 0 aliphatic rings. The Morgan fingerprint density at radius 3 is 2.50 bits per heavy atom. The SMILES string of the molecule is CC=CCS(=O)(=O)Oc1ccccc1. The fourth-order valence-electron chi connectivity index (χ4n) is 0.871. The molecule has 0 unspecified atom stereocenters. The van der Waals surface area contributed by atoms with Crippen molar-refractivity contribution in [2.24, 2.45) is 0 Å². The molecule has 0 bridgehead atoms. The van der Waals surface area contributed by atoms with Crippen LogP contribution in [0.5, 0.6) is 5.75 Å². The van der Waals surface area contributed by atoms with Gasteiger partial charge in [-0.3, -0.25) is 0 Å². The summed E-state index contributed by atoms with van der Waals surface area (Å²) in [7, 11) is -3.48. The second-order valence-electron chi connectivity index (χ2n) is 2.69. The van der Waals surface area contributed by atoms with Gasteiger partial charge in [-0.05, 0) is 19.1 Å². The van der Waals surface area contributed by atoms with Gasteiger partial charge in [0, 0.05) is 0 Å². The lowest BCUT2D eigenvalue weighted by Gasteiger charge is -2.03. The molecule has 0 spiro atoms. The van der Waals surface area contributed by atoms with Crippen LogP contribution in [0.25, 0.3) is 0 Å². The highest BCUT2D eigenvalue weighted by Gasteiger charge is 2.09. The molecule has 14 heavy (non-hydrogen) atoms. The second-order valence-corrected chi connectivity index (χ2v) is 4.31. The van der Waals surface area contributed by atoms with Crippen molar-refractivity contribution in [1.82, 2.24) is 0 Å². The standard InChI is InChI=1S/C10H12O3S/c1-2-3-9-14(11,12)13-10-7-5-4-6-8-10/h2-8H,9H2,1H3. The Hall–Kier alpha value is -1.29. The predicted octanol–water partition coefficient (Wildman–Crippen LogP) is 1.97. The van der Waals surface area contributed by atoms with Gasteiger partial charge in [-0.2, -0.15) is 8.42 Å². The summed E-state index contributed by atoms with van der Waals surface area (Å²) < 4.78 is 27.4. The van der Waals surface area contributed by atoms with E-state index in [0.29, 0.717) is 5.75 Å². The van der Waals surface area contributed by atoms with Crippen molar-refractivity contribution in [1.29, 1.82) is 0 Å². The Labute approximate surface area is 84.1 Å². The highest BCUT2D eigenvalue weighted by molar-refractivity contribution is 7.87. The lowest BCUT2D eigenvalue weighted by atomic mass is 10.3. The molecule has 0 fully saturated rings. The van der Waals surface area contributed by atoms with Gasteiger partial charge in [0.25, 0.3) is 0 Å². The van der Waals surface area contributed by atoms with E-state index in [9.17, 15) is 8.42 Å². The summed E-state index contributed by atoms with van der Waals surface area (Å²) in [6.45, 7) is 1.76. The normalized spacial score (nSPS) is 11.8. The quantitative estimate of drug-likeness (QED) is 0.566. The first-order chi connectivity index (χ1) is 6.64. The average molecular weight is 212 g/mol. The van der Waals surface area contributed by atoms with Crippen molar-refractivity contribution in [3.63, 3.8) is 0 Å². The summed E-state index contributed by atoms with van der Waals surface area (Å²) in [6.07, 6.45) is 3.21. The number of hydrogen-bond donors (Lipinski definition) is 0. The van der Waals surface area contributed by atoms with Crippen LogP contribution in [0.15, 0.2) is 42.5 Å². The molecular weight excluding hydrogens is 200 g/mol. The van der Waals surface area contributed by atoms with Crippen LogP contribution in [0.2, 0.25) is 0 Å². The third-order valence-electron chi connectivity index (χ3n) is 1.50. The molecule has 0 aliphatic carbocycles. The molecule has 0 saturated carbocycles. The van der Waals surface area contributed by atoms with E-state index in [4.69, 9.17) is 4.18 Å². The third-order valence-corrected chi connectivity index (χ3v) is 2.55. The maximum atomic E-state index is 11.3. The Morgan fingerprint density at radius 2 is 1.93 bits per heavy atom. The Bertz CT molecular complexity index is 393. The first-order valence-electron chi connectivity index (χ1n) is 4.22. The lowest BCUT2D eigenvalue weighted by Crippen LogP contribution is -2.11. The maximum Gasteiger partial charge on any atom is 0.312 e. The first kappa shape index (κ1) is 10.8. The minimum atomic E-state index is -3.48.